The summed E-state index contributed by atoms with van der Waals surface area (Å²) in [7, 11) is 2.14. The fraction of sp³-hybridized carbons (Fsp3) is 0.625. The van der Waals surface area contributed by atoms with Gasteiger partial charge in [-0.1, -0.05) is 37.1 Å². The van der Waals surface area contributed by atoms with E-state index < -0.39 is 0 Å². The van der Waals surface area contributed by atoms with Crippen LogP contribution in [0.4, 0.5) is 0 Å². The van der Waals surface area contributed by atoms with E-state index in [4.69, 9.17) is 0 Å². The first-order chi connectivity index (χ1) is 8.22. The van der Waals surface area contributed by atoms with Gasteiger partial charge in [-0.25, -0.2) is 0 Å². The maximum Gasteiger partial charge on any atom is 0.0463 e. The quantitative estimate of drug-likeness (QED) is 0.775. The molecule has 1 atom stereocenters. The van der Waals surface area contributed by atoms with Gasteiger partial charge in [-0.2, -0.15) is 0 Å². The number of rotatable bonds is 1. The molecule has 1 N–H and O–H groups in total. The van der Waals surface area contributed by atoms with Crippen LogP contribution < -0.4 is 5.32 Å². The topological polar surface area (TPSA) is 12.0 Å². The second-order valence-electron chi connectivity index (χ2n) is 6.02. The van der Waals surface area contributed by atoms with Gasteiger partial charge in [-0.05, 0) is 56.2 Å². The van der Waals surface area contributed by atoms with Crippen LogP contribution in [0.25, 0.3) is 0 Å². The smallest absolute Gasteiger partial charge is 0.0463 e. The highest BCUT2D eigenvalue weighted by Crippen LogP contribution is 2.56. The molecule has 3 rings (SSSR count). The highest BCUT2D eigenvalue weighted by Gasteiger charge is 2.52. The molecule has 17 heavy (non-hydrogen) atoms. The van der Waals surface area contributed by atoms with E-state index in [0.717, 1.165) is 0 Å². The minimum atomic E-state index is 0.179. The molecule has 0 unspecified atom stereocenters. The summed E-state index contributed by atoms with van der Waals surface area (Å²) in [5.41, 5.74) is 3.80. The molecule has 0 radical (unpaired) electrons. The van der Waals surface area contributed by atoms with E-state index in [1.54, 1.807) is 11.1 Å². The van der Waals surface area contributed by atoms with Crippen LogP contribution in [0.5, 0.6) is 0 Å². The molecule has 1 nitrogen and oxygen atoms in total. The normalized spacial score (nSPS) is 30.5. The molecule has 1 fully saturated rings. The molecule has 2 aliphatic carbocycles. The Hall–Kier alpha value is -0.820. The summed E-state index contributed by atoms with van der Waals surface area (Å²) in [6.45, 7) is 2.43. The van der Waals surface area contributed by atoms with E-state index >= 15 is 0 Å². The summed E-state index contributed by atoms with van der Waals surface area (Å²) in [6, 6.07) is 9.03. The van der Waals surface area contributed by atoms with Crippen LogP contribution in [0.2, 0.25) is 0 Å². The van der Waals surface area contributed by atoms with Gasteiger partial charge in [0.25, 0.3) is 0 Å². The Kier molecular flexibility index (Phi) is 2.55. The predicted octanol–water partition coefficient (Wildman–Crippen LogP) is 3.63. The number of aryl methyl sites for hydroxylation is 1. The minimum Gasteiger partial charge on any atom is -0.310 e. The lowest BCUT2D eigenvalue weighted by atomic mass is 9.58. The van der Waals surface area contributed by atoms with E-state index in [2.05, 4.69) is 43.6 Å². The number of hydrogen-bond acceptors (Lipinski definition) is 1. The Morgan fingerprint density at radius 2 is 1.76 bits per heavy atom. The van der Waals surface area contributed by atoms with Gasteiger partial charge in [-0.15, -0.1) is 0 Å². The Morgan fingerprint density at radius 3 is 2.47 bits per heavy atom. The van der Waals surface area contributed by atoms with E-state index in [0.29, 0.717) is 5.41 Å². The van der Waals surface area contributed by atoms with Gasteiger partial charge < -0.3 is 5.32 Å². The van der Waals surface area contributed by atoms with Crippen LogP contribution in [-0.2, 0) is 12.0 Å². The summed E-state index contributed by atoms with van der Waals surface area (Å²) >= 11 is 0. The lowest BCUT2D eigenvalue weighted by Crippen LogP contribution is -2.53. The van der Waals surface area contributed by atoms with Gasteiger partial charge in [0.05, 0.1) is 0 Å². The number of nitrogens with one attached hydrogen (secondary N) is 1. The summed E-state index contributed by atoms with van der Waals surface area (Å²) in [5, 5.41) is 3.67. The fourth-order valence-electron chi connectivity index (χ4n) is 4.34. The minimum absolute atomic E-state index is 0.179. The molecule has 1 aromatic carbocycles. The highest BCUT2D eigenvalue weighted by molar-refractivity contribution is 5.38. The zero-order valence-electron chi connectivity index (χ0n) is 11.1. The number of fused-ring (bicyclic) bond motifs is 1. The van der Waals surface area contributed by atoms with E-state index in [-0.39, 0.29) is 5.54 Å². The third-order valence-corrected chi connectivity index (χ3v) is 5.55. The lowest BCUT2D eigenvalue weighted by molar-refractivity contribution is 0.0825. The van der Waals surface area contributed by atoms with Crippen molar-refractivity contribution < 1.29 is 0 Å². The molecule has 0 aliphatic heterocycles. The Morgan fingerprint density at radius 1 is 1.06 bits per heavy atom. The monoisotopic (exact) mass is 229 g/mol. The molecule has 1 spiro atoms. The summed E-state index contributed by atoms with van der Waals surface area (Å²) < 4.78 is 0. The zero-order chi connectivity index (χ0) is 11.9. The molecule has 0 saturated heterocycles. The Labute approximate surface area is 105 Å². The van der Waals surface area contributed by atoms with Crippen LogP contribution in [0.1, 0.15) is 50.2 Å². The molecule has 1 saturated carbocycles. The van der Waals surface area contributed by atoms with Crippen molar-refractivity contribution in [2.75, 3.05) is 7.05 Å². The molecule has 0 heterocycles. The standard InChI is InChI=1S/C16H23N/c1-15(17-2)14-8-4-3-7-13(14)9-12-16(15)10-5-6-11-16/h3-4,7-8,17H,5-6,9-12H2,1-2H3/t15-/m1/s1. The Bertz CT molecular complexity index is 417. The van der Waals surface area contributed by atoms with E-state index in [9.17, 15) is 0 Å². The molecule has 92 valence electrons. The van der Waals surface area contributed by atoms with Crippen molar-refractivity contribution in [2.24, 2.45) is 5.41 Å². The van der Waals surface area contributed by atoms with Crippen molar-refractivity contribution >= 4 is 0 Å². The second kappa shape index (κ2) is 3.84. The van der Waals surface area contributed by atoms with Gasteiger partial charge in [0.1, 0.15) is 0 Å². The van der Waals surface area contributed by atoms with Crippen molar-refractivity contribution in [3.05, 3.63) is 35.4 Å². The van der Waals surface area contributed by atoms with Crippen LogP contribution in [0.3, 0.4) is 0 Å². The van der Waals surface area contributed by atoms with E-state index in [1.165, 1.54) is 38.5 Å². The molecular formula is C16H23N. The van der Waals surface area contributed by atoms with Crippen molar-refractivity contribution in [1.82, 2.24) is 5.32 Å². The molecule has 1 heteroatoms. The first-order valence-corrected chi connectivity index (χ1v) is 6.99. The van der Waals surface area contributed by atoms with Crippen LogP contribution in [0.15, 0.2) is 24.3 Å². The van der Waals surface area contributed by atoms with Crippen LogP contribution in [-0.4, -0.2) is 7.05 Å². The molecule has 0 amide bonds. The van der Waals surface area contributed by atoms with E-state index in [1.807, 2.05) is 0 Å². The Balaban J connectivity index is 2.13. The predicted molar refractivity (Wildman–Crippen MR) is 72.1 cm³/mol. The maximum absolute atomic E-state index is 3.67. The molecular weight excluding hydrogens is 206 g/mol. The maximum atomic E-state index is 3.67. The van der Waals surface area contributed by atoms with Crippen LogP contribution in [0, 0.1) is 5.41 Å². The SMILES string of the molecule is CN[C@]1(C)c2ccccc2CCC12CCCC2. The number of benzene rings is 1. The van der Waals surface area contributed by atoms with Gasteiger partial charge >= 0.3 is 0 Å². The van der Waals surface area contributed by atoms with Gasteiger partial charge in [0.15, 0.2) is 0 Å². The van der Waals surface area contributed by atoms with Gasteiger partial charge in [0.2, 0.25) is 0 Å². The van der Waals surface area contributed by atoms with Gasteiger partial charge in [0, 0.05) is 5.54 Å². The molecule has 1 aromatic rings. The third kappa shape index (κ3) is 1.41. The highest BCUT2D eigenvalue weighted by atomic mass is 15.0. The molecule has 2 aliphatic rings. The van der Waals surface area contributed by atoms with Crippen molar-refractivity contribution in [2.45, 2.75) is 51.0 Å². The molecule has 0 bridgehead atoms. The van der Waals surface area contributed by atoms with Crippen LogP contribution >= 0.6 is 0 Å². The van der Waals surface area contributed by atoms with Crippen molar-refractivity contribution in [1.29, 1.82) is 0 Å². The van der Waals surface area contributed by atoms with Crippen molar-refractivity contribution in [3.8, 4) is 0 Å². The first-order valence-electron chi connectivity index (χ1n) is 6.99. The van der Waals surface area contributed by atoms with Crippen molar-refractivity contribution in [3.63, 3.8) is 0 Å². The fourth-order valence-corrected chi connectivity index (χ4v) is 4.34. The lowest BCUT2D eigenvalue weighted by Gasteiger charge is -2.51. The molecule has 0 aromatic heterocycles. The summed E-state index contributed by atoms with van der Waals surface area (Å²) in [6.07, 6.45) is 8.27. The second-order valence-corrected chi connectivity index (χ2v) is 6.02. The third-order valence-electron chi connectivity index (χ3n) is 5.55. The summed E-state index contributed by atoms with van der Waals surface area (Å²) in [5.74, 6) is 0. The average molecular weight is 229 g/mol. The summed E-state index contributed by atoms with van der Waals surface area (Å²) in [4.78, 5) is 0. The number of hydrogen-bond donors (Lipinski definition) is 1. The van der Waals surface area contributed by atoms with Gasteiger partial charge in [-0.3, -0.25) is 0 Å². The largest absolute Gasteiger partial charge is 0.310 e. The zero-order valence-corrected chi connectivity index (χ0v) is 11.1. The first kappa shape index (κ1) is 11.3. The average Bonchev–Trinajstić information content (AvgIpc) is 2.85.